The largest absolute Gasteiger partial charge is 0.493 e. The van der Waals surface area contributed by atoms with Crippen molar-refractivity contribution in [1.82, 2.24) is 5.32 Å². The topological polar surface area (TPSA) is 117 Å². The minimum Gasteiger partial charge on any atom is -0.493 e. The summed E-state index contributed by atoms with van der Waals surface area (Å²) in [7, 11) is 2.87. The second-order valence-corrected chi connectivity index (χ2v) is 4.87. The fourth-order valence-corrected chi connectivity index (χ4v) is 1.98. The minimum atomic E-state index is -0.485. The molecule has 1 unspecified atom stereocenters. The van der Waals surface area contributed by atoms with Crippen LogP contribution in [0.15, 0.2) is 12.1 Å². The fraction of sp³-hybridized carbons (Fsp3) is 0.500. The van der Waals surface area contributed by atoms with E-state index in [0.717, 1.165) is 0 Å². The van der Waals surface area contributed by atoms with Crippen molar-refractivity contribution in [2.24, 2.45) is 5.73 Å². The molecule has 0 radical (unpaired) electrons. The van der Waals surface area contributed by atoms with Gasteiger partial charge in [-0.2, -0.15) is 0 Å². The first-order chi connectivity index (χ1) is 10.4. The number of benzene rings is 1. The number of nitro groups is 1. The fourth-order valence-electron chi connectivity index (χ4n) is 1.98. The van der Waals surface area contributed by atoms with Crippen molar-refractivity contribution >= 4 is 11.6 Å². The minimum absolute atomic E-state index is 0.0703. The van der Waals surface area contributed by atoms with Gasteiger partial charge in [0.1, 0.15) is 0 Å². The van der Waals surface area contributed by atoms with Gasteiger partial charge >= 0.3 is 0 Å². The Hall–Kier alpha value is -2.35. The van der Waals surface area contributed by atoms with Crippen LogP contribution in [-0.2, 0) is 11.2 Å². The number of nitro benzene ring substituents is 1. The Morgan fingerprint density at radius 3 is 2.45 bits per heavy atom. The summed E-state index contributed by atoms with van der Waals surface area (Å²) >= 11 is 0. The lowest BCUT2D eigenvalue weighted by Gasteiger charge is -2.11. The number of methoxy groups -OCH3 is 2. The molecule has 1 atom stereocenters. The van der Waals surface area contributed by atoms with E-state index in [4.69, 9.17) is 15.2 Å². The summed E-state index contributed by atoms with van der Waals surface area (Å²) in [6.45, 7) is 2.01. The second kappa shape index (κ2) is 8.18. The maximum absolute atomic E-state index is 11.5. The van der Waals surface area contributed by atoms with E-state index in [1.165, 1.54) is 20.3 Å². The standard InChI is InChI=1S/C14H21N3O5/c1-9(15)6-14(18)16-5-4-10-7-12(21-2)13(22-3)8-11(10)17(19)20/h7-9H,4-6,15H2,1-3H3,(H,16,18). The molecular weight excluding hydrogens is 290 g/mol. The molecular formula is C14H21N3O5. The molecule has 0 aromatic heterocycles. The van der Waals surface area contributed by atoms with Crippen LogP contribution in [-0.4, -0.2) is 37.6 Å². The first-order valence-corrected chi connectivity index (χ1v) is 6.80. The zero-order chi connectivity index (χ0) is 16.7. The third-order valence-corrected chi connectivity index (χ3v) is 3.01. The molecule has 0 saturated heterocycles. The van der Waals surface area contributed by atoms with Crippen LogP contribution < -0.4 is 20.5 Å². The average molecular weight is 311 g/mol. The normalized spacial score (nSPS) is 11.6. The average Bonchev–Trinajstić information content (AvgIpc) is 2.45. The molecule has 0 aliphatic carbocycles. The first-order valence-electron chi connectivity index (χ1n) is 6.80. The Kier molecular flexibility index (Phi) is 6.58. The summed E-state index contributed by atoms with van der Waals surface area (Å²) in [5.41, 5.74) is 5.92. The van der Waals surface area contributed by atoms with Crippen LogP contribution in [0.25, 0.3) is 0 Å². The lowest BCUT2D eigenvalue weighted by Crippen LogP contribution is -2.31. The van der Waals surface area contributed by atoms with Gasteiger partial charge in [-0.3, -0.25) is 14.9 Å². The Morgan fingerprint density at radius 1 is 1.36 bits per heavy atom. The van der Waals surface area contributed by atoms with Crippen molar-refractivity contribution in [1.29, 1.82) is 0 Å². The van der Waals surface area contributed by atoms with E-state index in [9.17, 15) is 14.9 Å². The number of ether oxygens (including phenoxy) is 2. The Bertz CT molecular complexity index is 546. The maximum Gasteiger partial charge on any atom is 0.276 e. The van der Waals surface area contributed by atoms with Gasteiger partial charge in [-0.1, -0.05) is 0 Å². The summed E-state index contributed by atoms with van der Waals surface area (Å²) in [5.74, 6) is 0.516. The Labute approximate surface area is 128 Å². The van der Waals surface area contributed by atoms with Crippen molar-refractivity contribution in [2.75, 3.05) is 20.8 Å². The molecule has 122 valence electrons. The van der Waals surface area contributed by atoms with Crippen LogP contribution in [0.2, 0.25) is 0 Å². The molecule has 3 N–H and O–H groups in total. The van der Waals surface area contributed by atoms with Gasteiger partial charge < -0.3 is 20.5 Å². The molecule has 0 aliphatic rings. The molecule has 0 fully saturated rings. The number of hydrogen-bond donors (Lipinski definition) is 2. The van der Waals surface area contributed by atoms with Crippen molar-refractivity contribution in [3.8, 4) is 11.5 Å². The Morgan fingerprint density at radius 2 is 1.95 bits per heavy atom. The van der Waals surface area contributed by atoms with Gasteiger partial charge in [0, 0.05) is 24.6 Å². The van der Waals surface area contributed by atoms with Gasteiger partial charge in [0.2, 0.25) is 5.91 Å². The van der Waals surface area contributed by atoms with Gasteiger partial charge in [0.25, 0.3) is 5.69 Å². The number of hydrogen-bond acceptors (Lipinski definition) is 6. The number of nitrogens with one attached hydrogen (secondary N) is 1. The maximum atomic E-state index is 11.5. The number of carbonyl (C=O) groups is 1. The molecule has 1 rings (SSSR count). The molecule has 0 heterocycles. The lowest BCUT2D eigenvalue weighted by molar-refractivity contribution is -0.385. The lowest BCUT2D eigenvalue weighted by atomic mass is 10.1. The van der Waals surface area contributed by atoms with E-state index in [2.05, 4.69) is 5.32 Å². The van der Waals surface area contributed by atoms with E-state index in [-0.39, 0.29) is 30.6 Å². The van der Waals surface area contributed by atoms with Gasteiger partial charge in [-0.25, -0.2) is 0 Å². The van der Waals surface area contributed by atoms with Gasteiger partial charge in [0.15, 0.2) is 11.5 Å². The molecule has 0 bridgehead atoms. The zero-order valence-corrected chi connectivity index (χ0v) is 12.9. The van der Waals surface area contributed by atoms with Crippen LogP contribution in [0.3, 0.4) is 0 Å². The summed E-state index contributed by atoms with van der Waals surface area (Å²) in [4.78, 5) is 22.2. The number of nitrogens with zero attached hydrogens (tertiary/aromatic N) is 1. The van der Waals surface area contributed by atoms with Crippen molar-refractivity contribution in [2.45, 2.75) is 25.8 Å². The highest BCUT2D eigenvalue weighted by molar-refractivity contribution is 5.76. The Balaban J connectivity index is 2.84. The monoisotopic (exact) mass is 311 g/mol. The molecule has 1 aromatic carbocycles. The highest BCUT2D eigenvalue weighted by Gasteiger charge is 2.19. The van der Waals surface area contributed by atoms with E-state index in [0.29, 0.717) is 23.5 Å². The zero-order valence-electron chi connectivity index (χ0n) is 12.9. The summed E-state index contributed by atoms with van der Waals surface area (Å²) in [6.07, 6.45) is 0.523. The number of nitrogens with two attached hydrogens (primary N) is 1. The molecule has 1 amide bonds. The van der Waals surface area contributed by atoms with Crippen molar-refractivity contribution in [3.05, 3.63) is 27.8 Å². The molecule has 1 aromatic rings. The van der Waals surface area contributed by atoms with Crippen LogP contribution in [0.1, 0.15) is 18.9 Å². The van der Waals surface area contributed by atoms with Gasteiger partial charge in [0.05, 0.1) is 25.2 Å². The van der Waals surface area contributed by atoms with E-state index >= 15 is 0 Å². The van der Waals surface area contributed by atoms with E-state index < -0.39 is 4.92 Å². The molecule has 8 nitrogen and oxygen atoms in total. The van der Waals surface area contributed by atoms with Crippen LogP contribution in [0.5, 0.6) is 11.5 Å². The van der Waals surface area contributed by atoms with E-state index in [1.54, 1.807) is 13.0 Å². The number of carbonyl (C=O) groups excluding carboxylic acids is 1. The quantitative estimate of drug-likeness (QED) is 0.546. The van der Waals surface area contributed by atoms with Crippen molar-refractivity contribution < 1.29 is 19.2 Å². The molecule has 22 heavy (non-hydrogen) atoms. The molecule has 8 heteroatoms. The van der Waals surface area contributed by atoms with Crippen LogP contribution >= 0.6 is 0 Å². The number of rotatable bonds is 8. The van der Waals surface area contributed by atoms with Crippen LogP contribution in [0, 0.1) is 10.1 Å². The first kappa shape index (κ1) is 17.7. The highest BCUT2D eigenvalue weighted by Crippen LogP contribution is 2.34. The van der Waals surface area contributed by atoms with Gasteiger partial charge in [-0.05, 0) is 19.4 Å². The molecule has 0 spiro atoms. The number of amides is 1. The smallest absolute Gasteiger partial charge is 0.276 e. The molecule has 0 aliphatic heterocycles. The summed E-state index contributed by atoms with van der Waals surface area (Å²) in [6, 6.07) is 2.64. The molecule has 0 saturated carbocycles. The van der Waals surface area contributed by atoms with Crippen molar-refractivity contribution in [3.63, 3.8) is 0 Å². The highest BCUT2D eigenvalue weighted by atomic mass is 16.6. The third kappa shape index (κ3) is 4.88. The van der Waals surface area contributed by atoms with Crippen LogP contribution in [0.4, 0.5) is 5.69 Å². The summed E-state index contributed by atoms with van der Waals surface area (Å²) in [5, 5.41) is 13.8. The predicted molar refractivity (Wildman–Crippen MR) is 81.2 cm³/mol. The SMILES string of the molecule is COc1cc(CCNC(=O)CC(C)N)c([N+](=O)[O-])cc1OC. The van der Waals surface area contributed by atoms with E-state index in [1.807, 2.05) is 0 Å². The predicted octanol–water partition coefficient (Wildman–Crippen LogP) is 1.01. The van der Waals surface area contributed by atoms with Gasteiger partial charge in [-0.15, -0.1) is 0 Å². The third-order valence-electron chi connectivity index (χ3n) is 3.01. The summed E-state index contributed by atoms with van der Waals surface area (Å²) < 4.78 is 10.2. The second-order valence-electron chi connectivity index (χ2n) is 4.87.